The molecule has 0 bridgehead atoms. The fourth-order valence-corrected chi connectivity index (χ4v) is 2.68. The van der Waals surface area contributed by atoms with E-state index in [2.05, 4.69) is 12.2 Å². The first kappa shape index (κ1) is 14.9. The second kappa shape index (κ2) is 7.93. The summed E-state index contributed by atoms with van der Waals surface area (Å²) in [5.74, 6) is 1.45. The van der Waals surface area contributed by atoms with Gasteiger partial charge in [-0.2, -0.15) is 0 Å². The molecule has 3 nitrogen and oxygen atoms in total. The zero-order valence-electron chi connectivity index (χ0n) is 12.4. The molecule has 0 unspecified atom stereocenters. The monoisotopic (exact) mass is 275 g/mol. The molecule has 0 radical (unpaired) electrons. The maximum atomic E-state index is 12.1. The fraction of sp³-hybridized carbons (Fsp3) is 0.588. The SMILES string of the molecule is CCCOc1cccc(C(=O)NCC2CCCCC2)c1. The number of carbonyl (C=O) groups is 1. The van der Waals surface area contributed by atoms with E-state index in [1.54, 1.807) is 0 Å². The smallest absolute Gasteiger partial charge is 0.251 e. The lowest BCUT2D eigenvalue weighted by Crippen LogP contribution is -2.30. The summed E-state index contributed by atoms with van der Waals surface area (Å²) >= 11 is 0. The van der Waals surface area contributed by atoms with E-state index in [4.69, 9.17) is 4.74 Å². The summed E-state index contributed by atoms with van der Waals surface area (Å²) in [6.45, 7) is 3.56. The zero-order chi connectivity index (χ0) is 14.2. The summed E-state index contributed by atoms with van der Waals surface area (Å²) in [5, 5.41) is 3.06. The second-order valence-electron chi connectivity index (χ2n) is 5.59. The van der Waals surface area contributed by atoms with Crippen molar-refractivity contribution in [1.29, 1.82) is 0 Å². The Morgan fingerprint density at radius 2 is 2.10 bits per heavy atom. The van der Waals surface area contributed by atoms with Crippen LogP contribution in [0.1, 0.15) is 55.8 Å². The highest BCUT2D eigenvalue weighted by Gasteiger charge is 2.15. The number of hydrogen-bond donors (Lipinski definition) is 1. The minimum atomic E-state index is 0.0116. The lowest BCUT2D eigenvalue weighted by molar-refractivity contribution is 0.0943. The Labute approximate surface area is 121 Å². The van der Waals surface area contributed by atoms with Crippen molar-refractivity contribution in [2.75, 3.05) is 13.2 Å². The van der Waals surface area contributed by atoms with Crippen LogP contribution in [0.2, 0.25) is 0 Å². The Balaban J connectivity index is 1.84. The largest absolute Gasteiger partial charge is 0.494 e. The van der Waals surface area contributed by atoms with E-state index in [0.717, 1.165) is 18.7 Å². The van der Waals surface area contributed by atoms with Gasteiger partial charge in [-0.3, -0.25) is 4.79 Å². The van der Waals surface area contributed by atoms with Crippen LogP contribution < -0.4 is 10.1 Å². The number of hydrogen-bond acceptors (Lipinski definition) is 2. The molecule has 0 aromatic heterocycles. The normalized spacial score (nSPS) is 15.8. The van der Waals surface area contributed by atoms with Crippen LogP contribution in [0.5, 0.6) is 5.75 Å². The summed E-state index contributed by atoms with van der Waals surface area (Å²) < 4.78 is 5.56. The van der Waals surface area contributed by atoms with Gasteiger partial charge in [0.1, 0.15) is 5.75 Å². The molecule has 1 N–H and O–H groups in total. The van der Waals surface area contributed by atoms with Gasteiger partial charge in [0.25, 0.3) is 5.91 Å². The molecule has 3 heteroatoms. The Hall–Kier alpha value is -1.51. The summed E-state index contributed by atoms with van der Waals surface area (Å²) in [6.07, 6.45) is 7.43. The van der Waals surface area contributed by atoms with E-state index in [-0.39, 0.29) is 5.91 Å². The molecule has 1 fully saturated rings. The number of benzene rings is 1. The molecule has 1 aromatic rings. The third-order valence-electron chi connectivity index (χ3n) is 3.85. The number of ether oxygens (including phenoxy) is 1. The van der Waals surface area contributed by atoms with Crippen LogP contribution in [-0.2, 0) is 0 Å². The van der Waals surface area contributed by atoms with Crippen molar-refractivity contribution in [2.45, 2.75) is 45.4 Å². The lowest BCUT2D eigenvalue weighted by atomic mass is 9.89. The summed E-state index contributed by atoms with van der Waals surface area (Å²) in [7, 11) is 0. The van der Waals surface area contributed by atoms with Crippen molar-refractivity contribution in [3.63, 3.8) is 0 Å². The maximum absolute atomic E-state index is 12.1. The van der Waals surface area contributed by atoms with Gasteiger partial charge in [-0.15, -0.1) is 0 Å². The van der Waals surface area contributed by atoms with Gasteiger partial charge in [0.15, 0.2) is 0 Å². The Morgan fingerprint density at radius 1 is 1.30 bits per heavy atom. The molecule has 1 aromatic carbocycles. The summed E-state index contributed by atoms with van der Waals surface area (Å²) in [6, 6.07) is 7.44. The van der Waals surface area contributed by atoms with Crippen LogP contribution in [0.25, 0.3) is 0 Å². The van der Waals surface area contributed by atoms with E-state index in [1.807, 2.05) is 24.3 Å². The Morgan fingerprint density at radius 3 is 2.85 bits per heavy atom. The topological polar surface area (TPSA) is 38.3 Å². The van der Waals surface area contributed by atoms with Crippen molar-refractivity contribution < 1.29 is 9.53 Å². The Bertz CT molecular complexity index is 425. The quantitative estimate of drug-likeness (QED) is 0.858. The van der Waals surface area contributed by atoms with E-state index in [0.29, 0.717) is 18.1 Å². The van der Waals surface area contributed by atoms with Gasteiger partial charge in [0.2, 0.25) is 0 Å². The van der Waals surface area contributed by atoms with E-state index in [1.165, 1.54) is 32.1 Å². The molecule has 0 spiro atoms. The van der Waals surface area contributed by atoms with Crippen LogP contribution in [0.4, 0.5) is 0 Å². The van der Waals surface area contributed by atoms with Gasteiger partial charge in [0.05, 0.1) is 6.61 Å². The first-order chi connectivity index (χ1) is 9.79. The first-order valence-electron chi connectivity index (χ1n) is 7.80. The average Bonchev–Trinajstić information content (AvgIpc) is 2.52. The average molecular weight is 275 g/mol. The predicted molar refractivity (Wildman–Crippen MR) is 81.1 cm³/mol. The maximum Gasteiger partial charge on any atom is 0.251 e. The molecule has 1 saturated carbocycles. The number of carbonyl (C=O) groups excluding carboxylic acids is 1. The minimum absolute atomic E-state index is 0.0116. The molecule has 1 aliphatic rings. The van der Waals surface area contributed by atoms with Gasteiger partial charge < -0.3 is 10.1 Å². The summed E-state index contributed by atoms with van der Waals surface area (Å²) in [4.78, 5) is 12.1. The van der Waals surface area contributed by atoms with E-state index < -0.39 is 0 Å². The fourth-order valence-electron chi connectivity index (χ4n) is 2.68. The van der Waals surface area contributed by atoms with Crippen molar-refractivity contribution in [2.24, 2.45) is 5.92 Å². The van der Waals surface area contributed by atoms with Gasteiger partial charge in [0, 0.05) is 12.1 Å². The molecular formula is C17H25NO2. The molecular weight excluding hydrogens is 250 g/mol. The summed E-state index contributed by atoms with van der Waals surface area (Å²) in [5.41, 5.74) is 0.689. The van der Waals surface area contributed by atoms with Crippen molar-refractivity contribution in [3.05, 3.63) is 29.8 Å². The molecule has 0 atom stereocenters. The van der Waals surface area contributed by atoms with Crippen LogP contribution in [0.3, 0.4) is 0 Å². The lowest BCUT2D eigenvalue weighted by Gasteiger charge is -2.21. The molecule has 1 aliphatic carbocycles. The third kappa shape index (κ3) is 4.55. The van der Waals surface area contributed by atoms with Gasteiger partial charge in [-0.25, -0.2) is 0 Å². The first-order valence-corrected chi connectivity index (χ1v) is 7.80. The van der Waals surface area contributed by atoms with E-state index in [9.17, 15) is 4.79 Å². The number of amides is 1. The molecule has 1 amide bonds. The van der Waals surface area contributed by atoms with Crippen LogP contribution in [0, 0.1) is 5.92 Å². The second-order valence-corrected chi connectivity index (χ2v) is 5.59. The van der Waals surface area contributed by atoms with Crippen LogP contribution in [-0.4, -0.2) is 19.1 Å². The molecule has 20 heavy (non-hydrogen) atoms. The molecule has 0 heterocycles. The highest BCUT2D eigenvalue weighted by atomic mass is 16.5. The predicted octanol–water partition coefficient (Wildman–Crippen LogP) is 3.79. The molecule has 2 rings (SSSR count). The van der Waals surface area contributed by atoms with Crippen LogP contribution >= 0.6 is 0 Å². The van der Waals surface area contributed by atoms with Crippen molar-refractivity contribution in [3.8, 4) is 5.75 Å². The number of rotatable bonds is 6. The standard InChI is InChI=1S/C17H25NO2/c1-2-11-20-16-10-6-9-15(12-16)17(19)18-13-14-7-4-3-5-8-14/h6,9-10,12,14H,2-5,7-8,11,13H2,1H3,(H,18,19). The van der Waals surface area contributed by atoms with Crippen molar-refractivity contribution in [1.82, 2.24) is 5.32 Å². The molecule has 0 saturated heterocycles. The van der Waals surface area contributed by atoms with Gasteiger partial charge in [-0.1, -0.05) is 32.3 Å². The van der Waals surface area contributed by atoms with Crippen LogP contribution in [0.15, 0.2) is 24.3 Å². The Kier molecular flexibility index (Phi) is 5.90. The number of nitrogens with one attached hydrogen (secondary N) is 1. The van der Waals surface area contributed by atoms with E-state index >= 15 is 0 Å². The highest BCUT2D eigenvalue weighted by Crippen LogP contribution is 2.23. The van der Waals surface area contributed by atoms with Crippen molar-refractivity contribution >= 4 is 5.91 Å². The zero-order valence-corrected chi connectivity index (χ0v) is 12.4. The molecule has 110 valence electrons. The minimum Gasteiger partial charge on any atom is -0.494 e. The van der Waals surface area contributed by atoms with Gasteiger partial charge >= 0.3 is 0 Å². The van der Waals surface area contributed by atoms with Gasteiger partial charge in [-0.05, 0) is 43.4 Å². The third-order valence-corrected chi connectivity index (χ3v) is 3.85. The highest BCUT2D eigenvalue weighted by molar-refractivity contribution is 5.94. The molecule has 0 aliphatic heterocycles.